The summed E-state index contributed by atoms with van der Waals surface area (Å²) in [6.07, 6.45) is -1.14. The highest BCUT2D eigenvalue weighted by atomic mass is 35.5. The normalized spacial score (nSPS) is 24.2. The Bertz CT molecular complexity index is 376. The molecular formula is C11H11ClO4. The summed E-state index contributed by atoms with van der Waals surface area (Å²) in [6, 6.07) is 6.92. The van der Waals surface area contributed by atoms with Crippen LogP contribution < -0.4 is 4.74 Å². The van der Waals surface area contributed by atoms with Gasteiger partial charge in [0.15, 0.2) is 12.7 Å². The Hall–Kier alpha value is -1.26. The van der Waals surface area contributed by atoms with Crippen molar-refractivity contribution in [1.29, 1.82) is 0 Å². The van der Waals surface area contributed by atoms with E-state index in [1.165, 1.54) is 0 Å². The molecular weight excluding hydrogens is 232 g/mol. The lowest BCUT2D eigenvalue weighted by Crippen LogP contribution is -2.19. The fraction of sp³-hybridized carbons (Fsp3) is 0.364. The van der Waals surface area contributed by atoms with E-state index in [0.29, 0.717) is 10.8 Å². The first-order valence-electron chi connectivity index (χ1n) is 4.89. The van der Waals surface area contributed by atoms with Gasteiger partial charge in [0.05, 0.1) is 0 Å². The average Bonchev–Trinajstić information content (AvgIpc) is 2.58. The van der Waals surface area contributed by atoms with Crippen molar-refractivity contribution in [2.75, 3.05) is 6.61 Å². The highest BCUT2D eigenvalue weighted by Crippen LogP contribution is 2.18. The standard InChI is InChI=1S/C11H11ClO4/c1-7-11(13)16-10(15-7)6-14-9-4-2-8(12)3-5-9/h2-5,7,10H,6H2,1H3. The molecule has 1 saturated heterocycles. The Morgan fingerprint density at radius 3 is 2.62 bits per heavy atom. The third-order valence-corrected chi connectivity index (χ3v) is 2.39. The molecule has 2 atom stereocenters. The predicted octanol–water partition coefficient (Wildman–Crippen LogP) is 2.01. The average molecular weight is 243 g/mol. The number of ether oxygens (including phenoxy) is 3. The molecule has 0 aliphatic carbocycles. The lowest BCUT2D eigenvalue weighted by atomic mass is 10.3. The molecule has 2 rings (SSSR count). The summed E-state index contributed by atoms with van der Waals surface area (Å²) in [7, 11) is 0. The summed E-state index contributed by atoms with van der Waals surface area (Å²) < 4.78 is 15.5. The van der Waals surface area contributed by atoms with Crippen molar-refractivity contribution >= 4 is 17.6 Å². The Balaban J connectivity index is 1.84. The Morgan fingerprint density at radius 1 is 1.38 bits per heavy atom. The van der Waals surface area contributed by atoms with Crippen LogP contribution in [-0.2, 0) is 14.3 Å². The molecule has 0 N–H and O–H groups in total. The van der Waals surface area contributed by atoms with Gasteiger partial charge in [-0.1, -0.05) is 11.6 Å². The predicted molar refractivity (Wildman–Crippen MR) is 57.4 cm³/mol. The molecule has 16 heavy (non-hydrogen) atoms. The molecule has 0 spiro atoms. The number of halogens is 1. The van der Waals surface area contributed by atoms with Crippen LogP contribution in [0.5, 0.6) is 5.75 Å². The van der Waals surface area contributed by atoms with Crippen LogP contribution in [0.4, 0.5) is 0 Å². The molecule has 0 saturated carbocycles. The molecule has 1 heterocycles. The fourth-order valence-corrected chi connectivity index (χ4v) is 1.43. The van der Waals surface area contributed by atoms with Crippen molar-refractivity contribution in [1.82, 2.24) is 0 Å². The molecule has 0 aromatic heterocycles. The van der Waals surface area contributed by atoms with Crippen LogP contribution in [0.15, 0.2) is 24.3 Å². The van der Waals surface area contributed by atoms with E-state index in [1.807, 2.05) is 0 Å². The maximum Gasteiger partial charge on any atom is 0.337 e. The SMILES string of the molecule is CC1OC(COc2ccc(Cl)cc2)OC1=O. The van der Waals surface area contributed by atoms with Gasteiger partial charge in [0, 0.05) is 5.02 Å². The maximum atomic E-state index is 11.0. The van der Waals surface area contributed by atoms with Crippen molar-refractivity contribution in [2.45, 2.75) is 19.3 Å². The van der Waals surface area contributed by atoms with Gasteiger partial charge in [-0.25, -0.2) is 4.79 Å². The van der Waals surface area contributed by atoms with E-state index in [4.69, 9.17) is 25.8 Å². The minimum atomic E-state index is -0.627. The van der Waals surface area contributed by atoms with Gasteiger partial charge in [-0.05, 0) is 31.2 Å². The van der Waals surface area contributed by atoms with E-state index in [-0.39, 0.29) is 12.6 Å². The quantitative estimate of drug-likeness (QED) is 0.761. The second kappa shape index (κ2) is 4.72. The van der Waals surface area contributed by atoms with Gasteiger partial charge in [0.25, 0.3) is 0 Å². The highest BCUT2D eigenvalue weighted by Gasteiger charge is 2.31. The van der Waals surface area contributed by atoms with Crippen LogP contribution in [0.2, 0.25) is 5.02 Å². The summed E-state index contributed by atoms with van der Waals surface area (Å²) in [5, 5.41) is 0.643. The Morgan fingerprint density at radius 2 is 2.06 bits per heavy atom. The van der Waals surface area contributed by atoms with Gasteiger partial charge < -0.3 is 14.2 Å². The Labute approximate surface area is 98.1 Å². The van der Waals surface area contributed by atoms with Gasteiger partial charge in [-0.15, -0.1) is 0 Å². The molecule has 0 radical (unpaired) electrons. The lowest BCUT2D eigenvalue weighted by molar-refractivity contribution is -0.145. The third kappa shape index (κ3) is 2.65. The molecule has 0 amide bonds. The van der Waals surface area contributed by atoms with E-state index in [1.54, 1.807) is 31.2 Å². The molecule has 1 aliphatic rings. The van der Waals surface area contributed by atoms with Gasteiger partial charge in [0.2, 0.25) is 6.29 Å². The number of rotatable bonds is 3. The zero-order valence-corrected chi connectivity index (χ0v) is 9.44. The van der Waals surface area contributed by atoms with E-state index >= 15 is 0 Å². The fourth-order valence-electron chi connectivity index (χ4n) is 1.30. The summed E-state index contributed by atoms with van der Waals surface area (Å²) in [6.45, 7) is 1.82. The van der Waals surface area contributed by atoms with Crippen molar-refractivity contribution in [3.63, 3.8) is 0 Å². The highest BCUT2D eigenvalue weighted by molar-refractivity contribution is 6.30. The minimum absolute atomic E-state index is 0.178. The molecule has 1 aromatic carbocycles. The van der Waals surface area contributed by atoms with Crippen molar-refractivity contribution in [2.24, 2.45) is 0 Å². The molecule has 2 unspecified atom stereocenters. The summed E-state index contributed by atoms with van der Waals surface area (Å²) >= 11 is 5.73. The molecule has 86 valence electrons. The molecule has 1 fully saturated rings. The van der Waals surface area contributed by atoms with Gasteiger partial charge in [-0.3, -0.25) is 0 Å². The van der Waals surface area contributed by atoms with Crippen LogP contribution in [-0.4, -0.2) is 25.0 Å². The van der Waals surface area contributed by atoms with Crippen LogP contribution >= 0.6 is 11.6 Å². The first-order valence-corrected chi connectivity index (χ1v) is 5.27. The summed E-state index contributed by atoms with van der Waals surface area (Å²) in [5.74, 6) is 0.299. The molecule has 1 aromatic rings. The zero-order chi connectivity index (χ0) is 11.5. The van der Waals surface area contributed by atoms with Crippen molar-refractivity contribution in [3.8, 4) is 5.75 Å². The smallest absolute Gasteiger partial charge is 0.337 e. The summed E-state index contributed by atoms with van der Waals surface area (Å²) in [5.41, 5.74) is 0. The number of benzene rings is 1. The van der Waals surface area contributed by atoms with E-state index in [9.17, 15) is 4.79 Å². The monoisotopic (exact) mass is 242 g/mol. The third-order valence-electron chi connectivity index (χ3n) is 2.14. The molecule has 1 aliphatic heterocycles. The number of hydrogen-bond donors (Lipinski definition) is 0. The first-order chi connectivity index (χ1) is 7.65. The van der Waals surface area contributed by atoms with Crippen LogP contribution in [0.1, 0.15) is 6.92 Å². The van der Waals surface area contributed by atoms with Crippen molar-refractivity contribution in [3.05, 3.63) is 29.3 Å². The van der Waals surface area contributed by atoms with E-state index in [2.05, 4.69) is 0 Å². The van der Waals surface area contributed by atoms with Gasteiger partial charge >= 0.3 is 5.97 Å². The number of carbonyl (C=O) groups excluding carboxylic acids is 1. The molecule has 5 heteroatoms. The topological polar surface area (TPSA) is 44.8 Å². The minimum Gasteiger partial charge on any atom is -0.487 e. The van der Waals surface area contributed by atoms with Crippen molar-refractivity contribution < 1.29 is 19.0 Å². The molecule has 0 bridgehead atoms. The second-order valence-corrected chi connectivity index (χ2v) is 3.85. The van der Waals surface area contributed by atoms with Crippen LogP contribution in [0.25, 0.3) is 0 Å². The van der Waals surface area contributed by atoms with E-state index < -0.39 is 12.4 Å². The van der Waals surface area contributed by atoms with Gasteiger partial charge in [-0.2, -0.15) is 0 Å². The number of carbonyl (C=O) groups is 1. The molecule has 4 nitrogen and oxygen atoms in total. The van der Waals surface area contributed by atoms with Gasteiger partial charge in [0.1, 0.15) is 5.75 Å². The number of hydrogen-bond acceptors (Lipinski definition) is 4. The zero-order valence-electron chi connectivity index (χ0n) is 8.68. The first kappa shape index (κ1) is 11.2. The maximum absolute atomic E-state index is 11.0. The lowest BCUT2D eigenvalue weighted by Gasteiger charge is -2.10. The largest absolute Gasteiger partial charge is 0.487 e. The number of esters is 1. The van der Waals surface area contributed by atoms with E-state index in [0.717, 1.165) is 0 Å². The number of cyclic esters (lactones) is 1. The Kier molecular flexibility index (Phi) is 3.31. The van der Waals surface area contributed by atoms with Crippen LogP contribution in [0, 0.1) is 0 Å². The summed E-state index contributed by atoms with van der Waals surface area (Å²) in [4.78, 5) is 11.0. The van der Waals surface area contributed by atoms with Crippen LogP contribution in [0.3, 0.4) is 0 Å². The second-order valence-electron chi connectivity index (χ2n) is 3.41.